The van der Waals surface area contributed by atoms with E-state index in [1.54, 1.807) is 0 Å². The maximum atomic E-state index is 11.5. The van der Waals surface area contributed by atoms with Crippen molar-refractivity contribution in [2.24, 2.45) is 0 Å². The molecule has 7 heteroatoms. The van der Waals surface area contributed by atoms with Crippen LogP contribution in [0.4, 0.5) is 0 Å². The van der Waals surface area contributed by atoms with Crippen molar-refractivity contribution >= 4 is 11.8 Å². The highest BCUT2D eigenvalue weighted by molar-refractivity contribution is 7.99. The second-order valence-electron chi connectivity index (χ2n) is 3.33. The van der Waals surface area contributed by atoms with Gasteiger partial charge in [-0.1, -0.05) is 0 Å². The molecule has 1 aromatic heterocycles. The fourth-order valence-corrected chi connectivity index (χ4v) is 2.73. The van der Waals surface area contributed by atoms with Gasteiger partial charge in [-0.05, 0) is 6.42 Å². The Morgan fingerprint density at radius 2 is 2.31 bits per heavy atom. The van der Waals surface area contributed by atoms with E-state index < -0.39 is 5.69 Å². The molecular formula is C9H12N2O4S. The summed E-state index contributed by atoms with van der Waals surface area (Å²) in [5, 5.41) is 9.26. The van der Waals surface area contributed by atoms with E-state index in [0.29, 0.717) is 17.0 Å². The molecule has 2 heterocycles. The van der Waals surface area contributed by atoms with Gasteiger partial charge in [-0.25, -0.2) is 4.79 Å². The van der Waals surface area contributed by atoms with Gasteiger partial charge in [0, 0.05) is 11.3 Å². The van der Waals surface area contributed by atoms with Crippen molar-refractivity contribution in [2.45, 2.75) is 18.2 Å². The summed E-state index contributed by atoms with van der Waals surface area (Å²) in [5.74, 6) is 0.807. The van der Waals surface area contributed by atoms with Crippen molar-refractivity contribution in [2.75, 3.05) is 19.0 Å². The van der Waals surface area contributed by atoms with E-state index in [1.165, 1.54) is 16.3 Å². The van der Waals surface area contributed by atoms with Crippen LogP contribution in [0.15, 0.2) is 14.6 Å². The lowest BCUT2D eigenvalue weighted by atomic mass is 10.3. The highest BCUT2D eigenvalue weighted by Crippen LogP contribution is 2.27. The summed E-state index contributed by atoms with van der Waals surface area (Å²) < 4.78 is 6.49. The molecule has 0 aromatic carbocycles. The monoisotopic (exact) mass is 244 g/mol. The lowest BCUT2D eigenvalue weighted by Crippen LogP contribution is -2.33. The largest absolute Gasteiger partial charge is 0.394 e. The number of hydrogen-bond acceptors (Lipinski definition) is 5. The summed E-state index contributed by atoms with van der Waals surface area (Å²) >= 11 is 1.48. The molecule has 2 N–H and O–H groups in total. The minimum atomic E-state index is -0.462. The molecule has 16 heavy (non-hydrogen) atoms. The average molecular weight is 244 g/mol. The first-order valence-corrected chi connectivity index (χ1v) is 5.90. The van der Waals surface area contributed by atoms with E-state index in [0.717, 1.165) is 5.75 Å². The van der Waals surface area contributed by atoms with Crippen molar-refractivity contribution in [1.29, 1.82) is 0 Å². The van der Waals surface area contributed by atoms with Crippen molar-refractivity contribution in [1.82, 2.24) is 9.55 Å². The van der Waals surface area contributed by atoms with E-state index >= 15 is 0 Å². The van der Waals surface area contributed by atoms with Gasteiger partial charge < -0.3 is 9.84 Å². The van der Waals surface area contributed by atoms with Crippen LogP contribution < -0.4 is 11.2 Å². The van der Waals surface area contributed by atoms with Gasteiger partial charge in [0.25, 0.3) is 5.56 Å². The molecule has 88 valence electrons. The number of ether oxygens (including phenoxy) is 1. The molecule has 1 aliphatic rings. The number of nitrogens with zero attached hydrogens (tertiary/aromatic N) is 1. The molecule has 2 rings (SSSR count). The van der Waals surface area contributed by atoms with Crippen LogP contribution in [0.3, 0.4) is 0 Å². The molecule has 0 fully saturated rings. The van der Waals surface area contributed by atoms with Crippen molar-refractivity contribution in [3.8, 4) is 0 Å². The number of nitrogens with one attached hydrogen (secondary N) is 1. The zero-order valence-corrected chi connectivity index (χ0v) is 9.38. The van der Waals surface area contributed by atoms with Gasteiger partial charge in [-0.3, -0.25) is 14.3 Å². The predicted octanol–water partition coefficient (Wildman–Crippen LogP) is -0.849. The van der Waals surface area contributed by atoms with Gasteiger partial charge in [0.05, 0.1) is 18.2 Å². The smallest absolute Gasteiger partial charge is 0.331 e. The maximum Gasteiger partial charge on any atom is 0.331 e. The summed E-state index contributed by atoms with van der Waals surface area (Å²) in [6, 6.07) is 0. The molecule has 0 atom stereocenters. The Labute approximate surface area is 95.3 Å². The number of fused-ring (bicyclic) bond motifs is 1. The topological polar surface area (TPSA) is 84.3 Å². The van der Waals surface area contributed by atoms with Gasteiger partial charge in [0.15, 0.2) is 0 Å². The summed E-state index contributed by atoms with van der Waals surface area (Å²) in [4.78, 5) is 25.3. The summed E-state index contributed by atoms with van der Waals surface area (Å²) in [6.07, 6.45) is 0.676. The van der Waals surface area contributed by atoms with Crippen molar-refractivity contribution in [3.05, 3.63) is 26.4 Å². The third kappa shape index (κ3) is 2.06. The first kappa shape index (κ1) is 11.4. The number of hydrogen-bond donors (Lipinski definition) is 2. The Bertz CT molecular complexity index is 493. The number of aliphatic hydroxyl groups is 1. The number of aromatic nitrogens is 2. The van der Waals surface area contributed by atoms with Crippen LogP contribution in [0.5, 0.6) is 0 Å². The standard InChI is InChI=1S/C9H12N2O4S/c12-2-3-15-5-11-8-6(1-4-16-8)7(13)10-9(11)14/h12H,1-5H2,(H,10,13,14). The fraction of sp³-hybridized carbons (Fsp3) is 0.556. The lowest BCUT2D eigenvalue weighted by molar-refractivity contribution is 0.0412. The molecule has 1 aromatic rings. The Morgan fingerprint density at radius 3 is 3.06 bits per heavy atom. The number of H-pyrrole nitrogens is 1. The molecule has 0 saturated heterocycles. The van der Waals surface area contributed by atoms with E-state index in [9.17, 15) is 9.59 Å². The van der Waals surface area contributed by atoms with Crippen LogP contribution in [0.2, 0.25) is 0 Å². The number of aliphatic hydroxyl groups excluding tert-OH is 1. The zero-order chi connectivity index (χ0) is 11.5. The molecule has 0 bridgehead atoms. The quantitative estimate of drug-likeness (QED) is 0.532. The SMILES string of the molecule is O=c1[nH]c(=O)n(COCCO)c2c1CCS2. The minimum absolute atomic E-state index is 0.0610. The van der Waals surface area contributed by atoms with Gasteiger partial charge in [-0.15, -0.1) is 11.8 Å². The molecule has 0 amide bonds. The minimum Gasteiger partial charge on any atom is -0.394 e. The Morgan fingerprint density at radius 1 is 1.50 bits per heavy atom. The van der Waals surface area contributed by atoms with Gasteiger partial charge >= 0.3 is 5.69 Å². The van der Waals surface area contributed by atoms with Gasteiger partial charge in [0.1, 0.15) is 6.73 Å². The van der Waals surface area contributed by atoms with E-state index in [4.69, 9.17) is 9.84 Å². The second kappa shape index (κ2) is 4.86. The van der Waals surface area contributed by atoms with Crippen LogP contribution in [0, 0.1) is 0 Å². The van der Waals surface area contributed by atoms with E-state index in [1.807, 2.05) is 0 Å². The molecular weight excluding hydrogens is 232 g/mol. The molecule has 0 radical (unpaired) electrons. The van der Waals surface area contributed by atoms with E-state index in [-0.39, 0.29) is 25.5 Å². The molecule has 6 nitrogen and oxygen atoms in total. The lowest BCUT2D eigenvalue weighted by Gasteiger charge is -2.10. The van der Waals surface area contributed by atoms with Crippen molar-refractivity contribution < 1.29 is 9.84 Å². The number of rotatable bonds is 4. The summed E-state index contributed by atoms with van der Waals surface area (Å²) in [7, 11) is 0. The number of thioether (sulfide) groups is 1. The summed E-state index contributed by atoms with van der Waals surface area (Å²) in [6.45, 7) is 0.143. The molecule has 0 unspecified atom stereocenters. The van der Waals surface area contributed by atoms with Gasteiger partial charge in [0.2, 0.25) is 0 Å². The molecule has 0 aliphatic carbocycles. The first-order valence-electron chi connectivity index (χ1n) is 4.91. The first-order chi connectivity index (χ1) is 7.74. The molecule has 0 saturated carbocycles. The van der Waals surface area contributed by atoms with Crippen LogP contribution in [-0.4, -0.2) is 33.6 Å². The zero-order valence-electron chi connectivity index (χ0n) is 8.56. The van der Waals surface area contributed by atoms with Crippen LogP contribution in [-0.2, 0) is 17.9 Å². The third-order valence-electron chi connectivity index (χ3n) is 2.29. The van der Waals surface area contributed by atoms with Crippen molar-refractivity contribution in [3.63, 3.8) is 0 Å². The van der Waals surface area contributed by atoms with Crippen LogP contribution in [0.25, 0.3) is 0 Å². The highest BCUT2D eigenvalue weighted by atomic mass is 32.2. The average Bonchev–Trinajstić information content (AvgIpc) is 2.72. The second-order valence-corrected chi connectivity index (χ2v) is 4.41. The summed E-state index contributed by atoms with van der Waals surface area (Å²) in [5.41, 5.74) is -0.114. The molecule has 0 spiro atoms. The Kier molecular flexibility index (Phi) is 3.47. The van der Waals surface area contributed by atoms with Gasteiger partial charge in [-0.2, -0.15) is 0 Å². The van der Waals surface area contributed by atoms with Crippen LogP contribution in [0.1, 0.15) is 5.56 Å². The third-order valence-corrected chi connectivity index (χ3v) is 3.44. The molecule has 1 aliphatic heterocycles. The highest BCUT2D eigenvalue weighted by Gasteiger charge is 2.20. The number of aromatic amines is 1. The fourth-order valence-electron chi connectivity index (χ4n) is 1.57. The normalized spacial score (nSPS) is 14.1. The predicted molar refractivity (Wildman–Crippen MR) is 58.8 cm³/mol. The maximum absolute atomic E-state index is 11.5. The van der Waals surface area contributed by atoms with Crippen LogP contribution >= 0.6 is 11.8 Å². The Hall–Kier alpha value is -1.05. The Balaban J connectivity index is 2.34. The van der Waals surface area contributed by atoms with E-state index in [2.05, 4.69) is 4.98 Å².